The van der Waals surface area contributed by atoms with Crippen LogP contribution in [0.25, 0.3) is 221 Å². The Morgan fingerprint density at radius 1 is 0.172 bits per heavy atom. The topological polar surface area (TPSA) is 37.8 Å². The van der Waals surface area contributed by atoms with Gasteiger partial charge in [0.25, 0.3) is 0 Å². The Balaban J connectivity index is 0.651. The molecule has 2 atom stereocenters. The van der Waals surface area contributed by atoms with Crippen molar-refractivity contribution in [1.29, 1.82) is 0 Å². The van der Waals surface area contributed by atoms with Gasteiger partial charge in [-0.25, -0.2) is 0 Å². The lowest BCUT2D eigenvalue weighted by atomic mass is 9.86. The lowest BCUT2D eigenvalue weighted by Crippen LogP contribution is -2.26. The van der Waals surface area contributed by atoms with Gasteiger partial charge in [0.1, 0.15) is 0 Å². The van der Waals surface area contributed by atoms with E-state index < -0.39 is 0 Å². The normalized spacial score (nSPS) is 13.9. The average molecular weight is 1630 g/mol. The van der Waals surface area contributed by atoms with E-state index in [1.165, 1.54) is 109 Å². The molecule has 0 saturated carbocycles. The van der Waals surface area contributed by atoms with E-state index in [1.807, 2.05) is 0 Å². The van der Waals surface area contributed by atoms with Crippen LogP contribution in [-0.2, 0) is 0 Å². The highest BCUT2D eigenvalue weighted by Crippen LogP contribution is 2.58. The van der Waals surface area contributed by atoms with Crippen LogP contribution >= 0.6 is 0 Å². The molecule has 2 aliphatic rings. The molecule has 8 nitrogen and oxygen atoms in total. The van der Waals surface area contributed by atoms with Gasteiger partial charge in [0.15, 0.2) is 0 Å². The van der Waals surface area contributed by atoms with Crippen molar-refractivity contribution in [1.82, 2.24) is 32.0 Å². The van der Waals surface area contributed by atoms with Crippen molar-refractivity contribution < 1.29 is 0 Å². The molecule has 0 spiro atoms. The van der Waals surface area contributed by atoms with Gasteiger partial charge in [0.2, 0.25) is 0 Å². The number of aromatic nitrogens is 7. The number of para-hydroxylation sites is 12. The zero-order valence-electron chi connectivity index (χ0n) is 69.5. The molecule has 0 amide bonds. The second-order valence-corrected chi connectivity index (χ2v) is 34.6. The van der Waals surface area contributed by atoms with Gasteiger partial charge in [-0.05, 0) is 172 Å². The fourth-order valence-electron chi connectivity index (χ4n) is 22.7. The van der Waals surface area contributed by atoms with E-state index in [0.717, 1.165) is 134 Å². The van der Waals surface area contributed by atoms with Crippen LogP contribution in [-0.4, -0.2) is 32.0 Å². The van der Waals surface area contributed by atoms with Crippen LogP contribution < -0.4 is 4.90 Å². The van der Waals surface area contributed by atoms with Gasteiger partial charge in [0.05, 0.1) is 83.5 Å². The minimum absolute atomic E-state index is 0.0573. The fourth-order valence-corrected chi connectivity index (χ4v) is 22.7. The number of benzene rings is 19. The zero-order chi connectivity index (χ0) is 83.5. The molecule has 1 aliphatic carbocycles. The predicted molar refractivity (Wildman–Crippen MR) is 535 cm³/mol. The Morgan fingerprint density at radius 2 is 0.422 bits per heavy atom. The van der Waals surface area contributed by atoms with Crippen LogP contribution in [0.5, 0.6) is 0 Å². The van der Waals surface area contributed by atoms with Crippen molar-refractivity contribution in [2.75, 3.05) is 4.90 Å². The summed E-state index contributed by atoms with van der Waals surface area (Å²) < 4.78 is 17.8. The first kappa shape index (κ1) is 70.6. The molecule has 28 rings (SSSR count). The van der Waals surface area contributed by atoms with Crippen LogP contribution in [0.15, 0.2) is 443 Å². The quantitative estimate of drug-likeness (QED) is 0.127. The van der Waals surface area contributed by atoms with Crippen LogP contribution in [0.4, 0.5) is 11.4 Å². The number of hydrogen-bond donors (Lipinski definition) is 0. The van der Waals surface area contributed by atoms with Crippen molar-refractivity contribution in [2.45, 2.75) is 12.0 Å². The molecular weight excluding hydrogens is 1550 g/mol. The molecule has 0 radical (unpaired) electrons. The SMILES string of the molecule is C1=CC2c3ccccc3N(c3ccccc3)C2c2c1c1ccccc1n2-c1cc(-c2ccc(-c3ccc(-c4cc(-n5c6ccccc6c6ccc7c8ccccc8n(-c8ccccc8)c7c65)cc(-n5c6ccccc6c6ccc7c8ccccc8n(-c8ccccc8)c7c65)c4)cc3)cc2)cc(-n2c3ccccc3c3ccc4c5ccccc5n(-c5ccccc5)c4c32)c1. The highest BCUT2D eigenvalue weighted by Gasteiger charge is 2.44. The van der Waals surface area contributed by atoms with Crippen LogP contribution in [0.1, 0.15) is 28.8 Å². The maximum Gasteiger partial charge on any atom is 0.0856 e. The highest BCUT2D eigenvalue weighted by molar-refractivity contribution is 6.27. The number of rotatable bonds is 11. The van der Waals surface area contributed by atoms with E-state index in [2.05, 4.69) is 486 Å². The molecule has 2 unspecified atom stereocenters. The summed E-state index contributed by atoms with van der Waals surface area (Å²) >= 11 is 0. The Bertz CT molecular complexity index is 8940. The molecule has 8 heteroatoms. The third kappa shape index (κ3) is 10.1. The van der Waals surface area contributed by atoms with Crippen LogP contribution in [0, 0.1) is 0 Å². The lowest BCUT2D eigenvalue weighted by molar-refractivity contribution is 0.636. The Hall–Kier alpha value is -16.9. The van der Waals surface area contributed by atoms with Gasteiger partial charge in [-0.2, -0.15) is 0 Å². The summed E-state index contributed by atoms with van der Waals surface area (Å²) in [5, 5.41) is 15.7. The standard InChI is InChI=1S/C120H76N8/c1-5-29-81(30-6-1)121-105-45-21-13-37-89(105)97-61-65-101-93-41-17-25-49-109(93)125(117(101)113(97)121)85-69-79(70-86(73-85)126-110-50-26-18-42-94(110)102-66-62-98-90-38-14-22-46-106(90)122(114(98)118(102)126)82-31-7-2-8-32-82)77-57-53-75(54-58-77)76-55-59-78(60-56-76)80-71-87(127-111-51-27-19-43-95(111)103-67-63-99-91-39-15-23-47-107(91)123(115(99)119(103)127)83-33-9-3-10-34-83)74-88(72-80)128-112-52-28-20-44-96(112)104-68-64-100-92-40-16-24-48-108(92)124(116(100)120(104)128)84-35-11-4-12-36-84/h1-74,97,113H. The molecule has 0 saturated heterocycles. The van der Waals surface area contributed by atoms with E-state index in [0.29, 0.717) is 0 Å². The van der Waals surface area contributed by atoms with Gasteiger partial charge in [-0.15, -0.1) is 0 Å². The number of nitrogens with zero attached hydrogens (tertiary/aromatic N) is 8. The van der Waals surface area contributed by atoms with Crippen molar-refractivity contribution in [3.05, 3.63) is 460 Å². The maximum atomic E-state index is 2.63. The molecule has 0 N–H and O–H groups in total. The molecule has 596 valence electrons. The maximum absolute atomic E-state index is 2.63. The minimum atomic E-state index is -0.0573. The molecule has 19 aromatic carbocycles. The van der Waals surface area contributed by atoms with E-state index in [1.54, 1.807) is 0 Å². The van der Waals surface area contributed by atoms with Gasteiger partial charge in [0, 0.05) is 133 Å². The first-order valence-electron chi connectivity index (χ1n) is 44.4. The van der Waals surface area contributed by atoms with Crippen molar-refractivity contribution in [3.8, 4) is 73.2 Å². The largest absolute Gasteiger partial charge is 0.331 e. The predicted octanol–water partition coefficient (Wildman–Crippen LogP) is 31.2. The Morgan fingerprint density at radius 3 is 0.750 bits per heavy atom. The van der Waals surface area contributed by atoms with E-state index in [9.17, 15) is 0 Å². The highest BCUT2D eigenvalue weighted by atomic mass is 15.2. The number of anilines is 2. The summed E-state index contributed by atoms with van der Waals surface area (Å²) in [4.78, 5) is 2.61. The van der Waals surface area contributed by atoms with Crippen molar-refractivity contribution in [2.24, 2.45) is 0 Å². The summed E-state index contributed by atoms with van der Waals surface area (Å²) in [6.45, 7) is 0. The molecule has 1 aliphatic heterocycles. The van der Waals surface area contributed by atoms with Gasteiger partial charge < -0.3 is 36.9 Å². The first-order chi connectivity index (χ1) is 63.6. The fraction of sp³-hybridized carbons (Fsp3) is 0.0167. The zero-order valence-corrected chi connectivity index (χ0v) is 69.5. The summed E-state index contributed by atoms with van der Waals surface area (Å²) in [6.07, 6.45) is 4.89. The van der Waals surface area contributed by atoms with Crippen molar-refractivity contribution in [3.63, 3.8) is 0 Å². The summed E-state index contributed by atoms with van der Waals surface area (Å²) in [5.41, 5.74) is 35.6. The third-order valence-electron chi connectivity index (χ3n) is 28.0. The smallest absolute Gasteiger partial charge is 0.0856 e. The van der Waals surface area contributed by atoms with Crippen molar-refractivity contribution >= 4 is 159 Å². The molecule has 128 heavy (non-hydrogen) atoms. The monoisotopic (exact) mass is 1630 g/mol. The van der Waals surface area contributed by atoms with Gasteiger partial charge >= 0.3 is 0 Å². The third-order valence-corrected chi connectivity index (χ3v) is 28.0. The molecule has 26 aromatic rings. The van der Waals surface area contributed by atoms with Gasteiger partial charge in [-0.3, -0.25) is 0 Å². The van der Waals surface area contributed by atoms with Crippen LogP contribution in [0.2, 0.25) is 0 Å². The molecule has 0 fully saturated rings. The summed E-state index contributed by atoms with van der Waals surface area (Å²) in [6, 6.07) is 163. The summed E-state index contributed by atoms with van der Waals surface area (Å²) in [7, 11) is 0. The van der Waals surface area contributed by atoms with Gasteiger partial charge in [-0.1, -0.05) is 315 Å². The second-order valence-electron chi connectivity index (χ2n) is 34.6. The van der Waals surface area contributed by atoms with E-state index >= 15 is 0 Å². The first-order valence-corrected chi connectivity index (χ1v) is 44.4. The minimum Gasteiger partial charge on any atom is -0.331 e. The Kier molecular flexibility index (Phi) is 15.0. The average Bonchev–Trinajstić information content (AvgIpc) is 1.55. The van der Waals surface area contributed by atoms with E-state index in [-0.39, 0.29) is 12.0 Å². The summed E-state index contributed by atoms with van der Waals surface area (Å²) in [5.74, 6) is 0.0941. The molecule has 8 heterocycles. The second kappa shape index (κ2) is 27.3. The Labute approximate surface area is 735 Å². The lowest BCUT2D eigenvalue weighted by Gasteiger charge is -2.33. The molecule has 7 aromatic heterocycles. The van der Waals surface area contributed by atoms with E-state index in [4.69, 9.17) is 0 Å². The molecule has 0 bridgehead atoms. The van der Waals surface area contributed by atoms with Crippen LogP contribution in [0.3, 0.4) is 0 Å². The molecular formula is C120H76N8. The number of hydrogen-bond acceptors (Lipinski definition) is 1. The number of fused-ring (bicyclic) bond motifs is 28.